The summed E-state index contributed by atoms with van der Waals surface area (Å²) in [4.78, 5) is 0. The van der Waals surface area contributed by atoms with E-state index >= 15 is 0 Å². The van der Waals surface area contributed by atoms with E-state index in [9.17, 15) is 5.11 Å². The minimum Gasteiger partial charge on any atom is -0.841 e. The van der Waals surface area contributed by atoms with Gasteiger partial charge in [-0.15, -0.1) is 10.2 Å². The summed E-state index contributed by atoms with van der Waals surface area (Å²) < 4.78 is 6.62. The normalized spacial score (nSPS) is 16.9. The van der Waals surface area contributed by atoms with Crippen molar-refractivity contribution in [3.05, 3.63) is 76.2 Å². The first-order valence-corrected chi connectivity index (χ1v) is 12.9. The summed E-state index contributed by atoms with van der Waals surface area (Å²) >= 11 is 1.51. The van der Waals surface area contributed by atoms with Gasteiger partial charge in [-0.2, -0.15) is 0 Å². The van der Waals surface area contributed by atoms with Gasteiger partial charge in [0.05, 0.1) is 27.2 Å². The summed E-state index contributed by atoms with van der Waals surface area (Å²) in [5.74, 6) is 0.985. The molecule has 0 amide bonds. The topological polar surface area (TPSA) is 58.1 Å². The van der Waals surface area contributed by atoms with E-state index in [0.717, 1.165) is 66.0 Å². The molecule has 0 aliphatic heterocycles. The van der Waals surface area contributed by atoms with Crippen LogP contribution in [0.2, 0.25) is 0 Å². The van der Waals surface area contributed by atoms with Crippen LogP contribution in [0.4, 0.5) is 0 Å². The number of ether oxygens (including phenoxy) is 1. The Morgan fingerprint density at radius 3 is 2.33 bits per heavy atom. The van der Waals surface area contributed by atoms with Gasteiger partial charge in [0.1, 0.15) is 17.3 Å². The molecule has 1 heterocycles. The van der Waals surface area contributed by atoms with Crippen LogP contribution in [-0.4, -0.2) is 41.9 Å². The molecule has 0 radical (unpaired) electrons. The zero-order valence-corrected chi connectivity index (χ0v) is 20.6. The number of benzene rings is 2. The van der Waals surface area contributed by atoms with Gasteiger partial charge in [-0.05, 0) is 23.7 Å². The number of nitrogens with zero attached hydrogens (tertiary/aromatic N) is 3. The smallest absolute Gasteiger partial charge is 0.172 e. The predicted octanol–water partition coefficient (Wildman–Crippen LogP) is 4.77. The molecule has 1 aliphatic rings. The standard InChI is InChI=1S/C27H35N3O2S/c1-30(2,19-12-20-32-24-17-10-5-11-18-24)21-25-28-29-26(33-25)27(31,22-13-6-3-7-14-22)23-15-8-4-9-16-23/h3,5-7,10-11,13-14,17-18,23H,4,8-9,12,15-16,19-21H2,1-2H3. The van der Waals surface area contributed by atoms with Crippen molar-refractivity contribution in [2.24, 2.45) is 5.92 Å². The molecule has 0 spiro atoms. The molecule has 176 valence electrons. The maximum absolute atomic E-state index is 14.5. The van der Waals surface area contributed by atoms with Crippen LogP contribution < -0.4 is 9.84 Å². The van der Waals surface area contributed by atoms with Crippen LogP contribution in [0.15, 0.2) is 60.7 Å². The van der Waals surface area contributed by atoms with Gasteiger partial charge >= 0.3 is 0 Å². The highest BCUT2D eigenvalue weighted by atomic mass is 32.1. The van der Waals surface area contributed by atoms with E-state index in [1.54, 1.807) is 0 Å². The molecular weight excluding hydrogens is 430 g/mol. The van der Waals surface area contributed by atoms with Gasteiger partial charge < -0.3 is 14.3 Å². The lowest BCUT2D eigenvalue weighted by molar-refractivity contribution is -0.903. The Bertz CT molecular complexity index is 987. The minimum absolute atomic E-state index is 0.0760. The molecule has 4 rings (SSSR count). The number of para-hydroxylation sites is 1. The average molecular weight is 466 g/mol. The van der Waals surface area contributed by atoms with Crippen LogP contribution in [0.1, 0.15) is 54.1 Å². The summed E-state index contributed by atoms with van der Waals surface area (Å²) in [5.41, 5.74) is -0.482. The van der Waals surface area contributed by atoms with E-state index < -0.39 is 5.60 Å². The second-order valence-electron chi connectivity index (χ2n) is 9.77. The Kier molecular flexibility index (Phi) is 7.78. The second-order valence-corrected chi connectivity index (χ2v) is 10.8. The van der Waals surface area contributed by atoms with Crippen LogP contribution in [-0.2, 0) is 12.1 Å². The Balaban J connectivity index is 1.42. The number of quaternary nitrogens is 1. The van der Waals surface area contributed by atoms with E-state index in [2.05, 4.69) is 24.3 Å². The molecule has 5 nitrogen and oxygen atoms in total. The largest absolute Gasteiger partial charge is 0.841 e. The summed E-state index contributed by atoms with van der Waals surface area (Å²) in [5, 5.41) is 25.0. The summed E-state index contributed by atoms with van der Waals surface area (Å²) in [6.07, 6.45) is 6.37. The van der Waals surface area contributed by atoms with Gasteiger partial charge in [0.15, 0.2) is 5.01 Å². The third-order valence-corrected chi connectivity index (χ3v) is 7.67. The van der Waals surface area contributed by atoms with Gasteiger partial charge in [-0.1, -0.05) is 97.5 Å². The lowest BCUT2D eigenvalue weighted by Gasteiger charge is -2.47. The van der Waals surface area contributed by atoms with Gasteiger partial charge in [0.2, 0.25) is 0 Å². The van der Waals surface area contributed by atoms with Crippen LogP contribution in [0.25, 0.3) is 0 Å². The summed E-state index contributed by atoms with van der Waals surface area (Å²) in [6.45, 7) is 2.41. The van der Waals surface area contributed by atoms with Crippen LogP contribution in [0, 0.1) is 5.92 Å². The number of rotatable bonds is 10. The van der Waals surface area contributed by atoms with E-state index in [-0.39, 0.29) is 5.92 Å². The Labute approximate surface area is 201 Å². The monoisotopic (exact) mass is 465 g/mol. The van der Waals surface area contributed by atoms with Crippen LogP contribution in [0.3, 0.4) is 0 Å². The zero-order valence-electron chi connectivity index (χ0n) is 19.8. The fourth-order valence-corrected chi connectivity index (χ4v) is 6.08. The van der Waals surface area contributed by atoms with Crippen LogP contribution >= 0.6 is 11.3 Å². The van der Waals surface area contributed by atoms with Crippen molar-refractivity contribution in [2.75, 3.05) is 27.2 Å². The summed E-state index contributed by atoms with van der Waals surface area (Å²) in [6, 6.07) is 19.8. The highest BCUT2D eigenvalue weighted by molar-refractivity contribution is 7.11. The maximum atomic E-state index is 14.5. The molecule has 1 atom stereocenters. The Morgan fingerprint density at radius 1 is 0.970 bits per heavy atom. The van der Waals surface area contributed by atoms with Crippen molar-refractivity contribution in [2.45, 2.75) is 50.7 Å². The SMILES string of the molecule is C[N+](C)(CCCOc1ccccc1)Cc1nnc(C([O-])(c2ccccc2)C2CCCCC2)s1. The van der Waals surface area contributed by atoms with Crippen molar-refractivity contribution >= 4 is 11.3 Å². The number of hydrogen-bond donors (Lipinski definition) is 0. The van der Waals surface area contributed by atoms with Gasteiger partial charge in [0, 0.05) is 6.42 Å². The first-order chi connectivity index (χ1) is 16.0. The first-order valence-electron chi connectivity index (χ1n) is 12.1. The van der Waals surface area contributed by atoms with Gasteiger partial charge in [0.25, 0.3) is 0 Å². The minimum atomic E-state index is -1.31. The van der Waals surface area contributed by atoms with Crippen molar-refractivity contribution in [1.29, 1.82) is 0 Å². The maximum Gasteiger partial charge on any atom is 0.172 e. The Hall–Kier alpha value is -2.28. The lowest BCUT2D eigenvalue weighted by Crippen LogP contribution is -2.49. The zero-order chi connectivity index (χ0) is 23.2. The molecule has 0 saturated heterocycles. The van der Waals surface area contributed by atoms with Crippen molar-refractivity contribution in [3.8, 4) is 5.75 Å². The predicted molar refractivity (Wildman–Crippen MR) is 131 cm³/mol. The second kappa shape index (κ2) is 10.8. The molecule has 1 saturated carbocycles. The van der Waals surface area contributed by atoms with Crippen molar-refractivity contribution in [3.63, 3.8) is 0 Å². The van der Waals surface area contributed by atoms with E-state index in [4.69, 9.17) is 4.74 Å². The van der Waals surface area contributed by atoms with Crippen molar-refractivity contribution < 1.29 is 14.3 Å². The summed E-state index contributed by atoms with van der Waals surface area (Å²) in [7, 11) is 4.40. The molecule has 1 aromatic heterocycles. The number of hydrogen-bond acceptors (Lipinski definition) is 5. The molecule has 0 N–H and O–H groups in total. The van der Waals surface area contributed by atoms with Crippen LogP contribution in [0.5, 0.6) is 5.75 Å². The molecule has 1 aliphatic carbocycles. The van der Waals surface area contributed by atoms with E-state index in [0.29, 0.717) is 11.6 Å². The number of aromatic nitrogens is 2. The highest BCUT2D eigenvalue weighted by Gasteiger charge is 2.35. The molecule has 33 heavy (non-hydrogen) atoms. The van der Waals surface area contributed by atoms with Gasteiger partial charge in [-0.3, -0.25) is 0 Å². The van der Waals surface area contributed by atoms with Gasteiger partial charge in [-0.25, -0.2) is 0 Å². The fourth-order valence-electron chi connectivity index (χ4n) is 4.84. The average Bonchev–Trinajstić information content (AvgIpc) is 3.31. The quantitative estimate of drug-likeness (QED) is 0.320. The molecule has 1 fully saturated rings. The Morgan fingerprint density at radius 2 is 1.64 bits per heavy atom. The third-order valence-electron chi connectivity index (χ3n) is 6.65. The molecular formula is C27H35N3O2S. The molecule has 1 unspecified atom stereocenters. The molecule has 2 aromatic carbocycles. The lowest BCUT2D eigenvalue weighted by atomic mass is 9.73. The van der Waals surface area contributed by atoms with E-state index in [1.807, 2.05) is 60.7 Å². The van der Waals surface area contributed by atoms with E-state index in [1.165, 1.54) is 17.8 Å². The molecule has 3 aromatic rings. The van der Waals surface area contributed by atoms with Crippen molar-refractivity contribution in [1.82, 2.24) is 10.2 Å². The molecule has 0 bridgehead atoms. The molecule has 6 heteroatoms. The first kappa shape index (κ1) is 23.9. The fraction of sp³-hybridized carbons (Fsp3) is 0.481. The third kappa shape index (κ3) is 5.99. The highest BCUT2D eigenvalue weighted by Crippen LogP contribution is 2.42.